The van der Waals surface area contributed by atoms with Gasteiger partial charge in [-0.3, -0.25) is 0 Å². The van der Waals surface area contributed by atoms with E-state index in [0.717, 1.165) is 194 Å². The van der Waals surface area contributed by atoms with Crippen molar-refractivity contribution in [3.05, 3.63) is 419 Å². The van der Waals surface area contributed by atoms with Crippen LogP contribution in [0.4, 0.5) is 34.1 Å². The summed E-state index contributed by atoms with van der Waals surface area (Å²) < 4.78 is 23.9. The van der Waals surface area contributed by atoms with Crippen LogP contribution in [0.25, 0.3) is 201 Å². The summed E-state index contributed by atoms with van der Waals surface area (Å²) in [6.45, 7) is 0. The van der Waals surface area contributed by atoms with Crippen molar-refractivity contribution in [1.82, 2.24) is 24.5 Å². The van der Waals surface area contributed by atoms with Crippen LogP contribution in [0, 0.1) is 24.3 Å². The number of rotatable bonds is 14. The van der Waals surface area contributed by atoms with E-state index in [1.807, 2.05) is 102 Å². The van der Waals surface area contributed by atoms with Gasteiger partial charge in [-0.2, -0.15) is 0 Å². The standard InChI is InChI=1S/C60H36N4O.C52H29N3O2S2.2Pt/c1-2-16-45(17-3-1)64-55-23-9-8-22-51(55)52-37-54-53-36-42(26-29-57(53)65-58(54)38-56(52)64)39-24-27-46(28-25-39)63(47-18-10-14-43(34-47)59-49-20-6-4-12-40(49)30-32-61-59)48-19-11-15-44(35-48)60-50-21-7-5-13-41(50)31-33-62-60;1-2-19-45-39(16-1)41-28-42-40-27-35(20-21-46(40)57-48(42)29-47(41)56-45)50-31-52-51(59-50)30-49(58-52)34-12-9-15-38(26-34)55(36-13-7-10-32(24-36)43-17-3-5-22-53-43)37-14-8-11-33(25-37)44-18-4-6-23-54-44;;/h1-33,36-38H;1-23,26-31H;;/q2*-2;2*+2. The number of para-hydroxylation sites is 3. The fourth-order valence-electron chi connectivity index (χ4n) is 17.6. The van der Waals surface area contributed by atoms with Crippen molar-refractivity contribution in [2.24, 2.45) is 0 Å². The number of fused-ring (bicyclic) bond motifs is 15. The van der Waals surface area contributed by atoms with Crippen LogP contribution < -0.4 is 9.80 Å². The van der Waals surface area contributed by atoms with Gasteiger partial charge in [0.1, 0.15) is 33.5 Å². The Labute approximate surface area is 760 Å². The van der Waals surface area contributed by atoms with Crippen LogP contribution in [0.2, 0.25) is 0 Å². The average Bonchev–Trinajstić information content (AvgIpc) is 1.57. The van der Waals surface area contributed by atoms with E-state index in [0.29, 0.717) is 0 Å². The number of aromatic nitrogens is 5. The van der Waals surface area contributed by atoms with Crippen molar-refractivity contribution in [3.8, 4) is 82.7 Å². The Kier molecular flexibility index (Phi) is 19.9. The van der Waals surface area contributed by atoms with Crippen molar-refractivity contribution >= 4 is 175 Å². The summed E-state index contributed by atoms with van der Waals surface area (Å²) in [6, 6.07) is 144. The fourth-order valence-corrected chi connectivity index (χ4v) is 20.0. The van der Waals surface area contributed by atoms with Gasteiger partial charge in [0, 0.05) is 116 Å². The molecule has 0 spiro atoms. The van der Waals surface area contributed by atoms with Gasteiger partial charge in [0.15, 0.2) is 0 Å². The van der Waals surface area contributed by atoms with E-state index in [2.05, 4.69) is 364 Å². The summed E-state index contributed by atoms with van der Waals surface area (Å²) >= 11 is 3.64. The van der Waals surface area contributed by atoms with E-state index in [9.17, 15) is 0 Å². The van der Waals surface area contributed by atoms with Gasteiger partial charge in [0.05, 0.1) is 11.0 Å². The molecule has 10 nitrogen and oxygen atoms in total. The first-order valence-electron chi connectivity index (χ1n) is 41.1. The second-order valence-corrected chi connectivity index (χ2v) is 33.0. The topological polar surface area (TPSA) is 102 Å². The largest absolute Gasteiger partial charge is 2.00 e. The first kappa shape index (κ1) is 77.3. The number of pyridine rings is 4. The van der Waals surface area contributed by atoms with Crippen LogP contribution in [0.3, 0.4) is 0 Å². The maximum Gasteiger partial charge on any atom is 2.00 e. The molecule has 126 heavy (non-hydrogen) atoms. The molecule has 10 heterocycles. The van der Waals surface area contributed by atoms with Gasteiger partial charge in [-0.05, 0) is 217 Å². The number of nitrogens with zero attached hydrogens (tertiary/aromatic N) is 7. The summed E-state index contributed by atoms with van der Waals surface area (Å²) in [6.07, 6.45) is 7.38. The summed E-state index contributed by atoms with van der Waals surface area (Å²) in [5, 5.41) is 13.5. The SMILES string of the molecule is [Pt+2].[Pt+2].[c-]1c(-c2ccccn2)cccc1N(c1[c-]c(-c2ccccn2)ccc1)c1cccc(-c2cc3sc(-c4ccc5oc6cc7oc8ccccc8c7cc6c5c4)cc3s2)c1.[c-]1c(-c2nccc3ccccc23)cccc1N(c1[c-]c(-c2nccc3ccccc23)ccc1)c1ccc(-c2ccc3oc4cc5c(cc4c3c2)c2ccccc2n5-c2ccccc2)cc1. The molecular weight excluding hydrogens is 1950 g/mol. The monoisotopic (exact) mass is 2010 g/mol. The Balaban J connectivity index is 0.000000147. The molecule has 25 aromatic rings. The molecule has 0 aliphatic carbocycles. The maximum absolute atomic E-state index is 6.58. The minimum absolute atomic E-state index is 0. The molecule has 0 aliphatic rings. The molecule has 0 unspecified atom stereocenters. The Morgan fingerprint density at radius 2 is 0.698 bits per heavy atom. The third kappa shape index (κ3) is 13.9. The van der Waals surface area contributed by atoms with Crippen LogP contribution in [-0.2, 0) is 42.1 Å². The molecule has 0 bridgehead atoms. The summed E-state index contributed by atoms with van der Waals surface area (Å²) in [4.78, 5) is 25.8. The van der Waals surface area contributed by atoms with Crippen molar-refractivity contribution in [2.45, 2.75) is 0 Å². The van der Waals surface area contributed by atoms with Gasteiger partial charge in [0.2, 0.25) is 0 Å². The number of hydrogen-bond donors (Lipinski definition) is 0. The predicted octanol–water partition coefficient (Wildman–Crippen LogP) is 31.1. The minimum Gasteiger partial charge on any atom is -0.456 e. The predicted molar refractivity (Wildman–Crippen MR) is 511 cm³/mol. The minimum atomic E-state index is 0. The van der Waals surface area contributed by atoms with Crippen molar-refractivity contribution in [1.29, 1.82) is 0 Å². The molecule has 0 saturated heterocycles. The number of hydrogen-bond acceptors (Lipinski definition) is 11. The van der Waals surface area contributed by atoms with Crippen molar-refractivity contribution in [3.63, 3.8) is 0 Å². The maximum atomic E-state index is 6.58. The van der Waals surface area contributed by atoms with Gasteiger partial charge in [-0.15, -0.1) is 142 Å². The molecule has 25 rings (SSSR count). The second kappa shape index (κ2) is 32.5. The van der Waals surface area contributed by atoms with Gasteiger partial charge >= 0.3 is 42.1 Å². The quantitative estimate of drug-likeness (QED) is 0.0985. The Hall–Kier alpha value is -14.7. The first-order valence-corrected chi connectivity index (χ1v) is 42.7. The van der Waals surface area contributed by atoms with Crippen molar-refractivity contribution < 1.29 is 55.4 Å². The molecule has 0 radical (unpaired) electrons. The fraction of sp³-hybridized carbons (Fsp3) is 0. The third-order valence-corrected chi connectivity index (χ3v) is 25.8. The van der Waals surface area contributed by atoms with E-state index >= 15 is 0 Å². The van der Waals surface area contributed by atoms with Gasteiger partial charge in [-0.25, -0.2) is 0 Å². The molecule has 14 heteroatoms. The molecule has 0 aliphatic heterocycles. The van der Waals surface area contributed by atoms with Gasteiger partial charge in [-0.1, -0.05) is 158 Å². The molecular formula is C112H65N7O3Pt2S2. The zero-order chi connectivity index (χ0) is 81.7. The second-order valence-electron chi connectivity index (χ2n) is 30.8. The molecule has 0 saturated carbocycles. The van der Waals surface area contributed by atoms with Crippen LogP contribution in [0.1, 0.15) is 0 Å². The van der Waals surface area contributed by atoms with E-state index in [-0.39, 0.29) is 42.1 Å². The molecule has 0 amide bonds. The summed E-state index contributed by atoms with van der Waals surface area (Å²) in [5.41, 5.74) is 25.8. The normalized spacial score (nSPS) is 11.5. The summed E-state index contributed by atoms with van der Waals surface area (Å²) in [7, 11) is 0. The molecule has 0 N–H and O–H groups in total. The Morgan fingerprint density at radius 3 is 1.29 bits per heavy atom. The van der Waals surface area contributed by atoms with Gasteiger partial charge in [0.25, 0.3) is 0 Å². The zero-order valence-electron chi connectivity index (χ0n) is 66.8. The number of furan rings is 3. The smallest absolute Gasteiger partial charge is 0.456 e. The number of thiophene rings is 2. The van der Waals surface area contributed by atoms with E-state index in [1.165, 1.54) is 41.0 Å². The van der Waals surface area contributed by atoms with E-state index < -0.39 is 0 Å². The molecule has 0 fully saturated rings. The molecule has 0 atom stereocenters. The number of benzene rings is 15. The number of anilines is 6. The molecule has 15 aromatic carbocycles. The Bertz CT molecular complexity index is 8250. The van der Waals surface area contributed by atoms with Crippen LogP contribution in [-0.4, -0.2) is 24.5 Å². The Morgan fingerprint density at radius 1 is 0.254 bits per heavy atom. The van der Waals surface area contributed by atoms with E-state index in [1.54, 1.807) is 0 Å². The van der Waals surface area contributed by atoms with Crippen LogP contribution in [0.5, 0.6) is 0 Å². The van der Waals surface area contributed by atoms with Gasteiger partial charge < -0.3 is 47.6 Å². The van der Waals surface area contributed by atoms with Crippen LogP contribution >= 0.6 is 22.7 Å². The third-order valence-electron chi connectivity index (χ3n) is 23.4. The molecule has 10 aromatic heterocycles. The average molecular weight is 2010 g/mol. The van der Waals surface area contributed by atoms with E-state index in [4.69, 9.17) is 23.2 Å². The summed E-state index contributed by atoms with van der Waals surface area (Å²) in [5.74, 6) is 0. The zero-order valence-corrected chi connectivity index (χ0v) is 73.0. The molecule has 598 valence electrons. The first-order chi connectivity index (χ1) is 61.4. The van der Waals surface area contributed by atoms with Crippen LogP contribution in [0.15, 0.2) is 408 Å². The van der Waals surface area contributed by atoms with Crippen molar-refractivity contribution in [2.75, 3.05) is 9.80 Å².